The molecule has 0 aliphatic carbocycles. The van der Waals surface area contributed by atoms with Crippen LogP contribution in [-0.2, 0) is 11.2 Å². The number of amides is 1. The van der Waals surface area contributed by atoms with Gasteiger partial charge in [0.2, 0.25) is 5.91 Å². The number of rotatable bonds is 7. The van der Waals surface area contributed by atoms with Crippen molar-refractivity contribution in [3.63, 3.8) is 0 Å². The summed E-state index contributed by atoms with van der Waals surface area (Å²) in [5, 5.41) is 7.24. The molecule has 3 heterocycles. The van der Waals surface area contributed by atoms with Crippen LogP contribution < -0.4 is 10.6 Å². The fourth-order valence-corrected chi connectivity index (χ4v) is 4.20. The highest BCUT2D eigenvalue weighted by atomic mass is 32.1. The number of hydrogen-bond acceptors (Lipinski definition) is 6. The van der Waals surface area contributed by atoms with Crippen molar-refractivity contribution < 1.29 is 4.79 Å². The van der Waals surface area contributed by atoms with Crippen molar-refractivity contribution in [3.05, 3.63) is 82.8 Å². The molecule has 0 radical (unpaired) electrons. The molecule has 0 unspecified atom stereocenters. The largest absolute Gasteiger partial charge is 0.360 e. The van der Waals surface area contributed by atoms with Crippen molar-refractivity contribution >= 4 is 33.3 Å². The van der Waals surface area contributed by atoms with Gasteiger partial charge in [-0.05, 0) is 36.6 Å². The number of anilines is 1. The van der Waals surface area contributed by atoms with Gasteiger partial charge in [0.1, 0.15) is 17.0 Å². The van der Waals surface area contributed by atoms with Crippen LogP contribution in [0.5, 0.6) is 0 Å². The molecule has 1 amide bonds. The van der Waals surface area contributed by atoms with Gasteiger partial charge in [-0.15, -0.1) is 11.3 Å². The maximum absolute atomic E-state index is 12.8. The van der Waals surface area contributed by atoms with Crippen molar-refractivity contribution in [2.45, 2.75) is 26.3 Å². The highest BCUT2D eigenvalue weighted by Crippen LogP contribution is 2.28. The Morgan fingerprint density at radius 2 is 1.97 bits per heavy atom. The molecule has 6 nitrogen and oxygen atoms in total. The van der Waals surface area contributed by atoms with E-state index in [1.807, 2.05) is 43.3 Å². The summed E-state index contributed by atoms with van der Waals surface area (Å²) in [5.41, 5.74) is 3.12. The fourth-order valence-electron chi connectivity index (χ4n) is 3.26. The average molecular weight is 418 g/mol. The number of thiophene rings is 1. The van der Waals surface area contributed by atoms with Gasteiger partial charge in [-0.1, -0.05) is 42.8 Å². The first-order valence-electron chi connectivity index (χ1n) is 9.87. The monoisotopic (exact) mass is 417 g/mol. The lowest BCUT2D eigenvalue weighted by atomic mass is 9.99. The van der Waals surface area contributed by atoms with E-state index >= 15 is 0 Å². The predicted octanol–water partition coefficient (Wildman–Crippen LogP) is 4.27. The molecular weight excluding hydrogens is 394 g/mol. The van der Waals surface area contributed by atoms with Crippen LogP contribution >= 0.6 is 11.3 Å². The standard InChI is InChI=1S/C23H23N5OS/c1-3-18-11-19-22(26-14-27-23(19)30-18)25-13-20(29)28-21(17-5-4-10-24-12-17)16-8-6-15(2)7-9-16/h4-12,14,21H,3,13H2,1-2H3,(H,28,29)(H,25,26,27)/t21-/m1/s1. The Bertz CT molecular complexity index is 1140. The molecule has 2 N–H and O–H groups in total. The minimum absolute atomic E-state index is 0.117. The Hall–Kier alpha value is -3.32. The Kier molecular flexibility index (Phi) is 5.99. The Labute approximate surface area is 179 Å². The molecule has 0 saturated heterocycles. The van der Waals surface area contributed by atoms with Gasteiger partial charge >= 0.3 is 0 Å². The third kappa shape index (κ3) is 4.46. The van der Waals surface area contributed by atoms with Crippen molar-refractivity contribution in [1.82, 2.24) is 20.3 Å². The minimum Gasteiger partial charge on any atom is -0.360 e. The van der Waals surface area contributed by atoms with Crippen LogP contribution in [0, 0.1) is 6.92 Å². The van der Waals surface area contributed by atoms with Crippen LogP contribution in [0.25, 0.3) is 10.2 Å². The summed E-state index contributed by atoms with van der Waals surface area (Å²) >= 11 is 1.65. The molecule has 152 valence electrons. The second-order valence-electron chi connectivity index (χ2n) is 7.06. The first-order chi connectivity index (χ1) is 14.6. The number of carbonyl (C=O) groups is 1. The van der Waals surface area contributed by atoms with Crippen molar-refractivity contribution in [2.75, 3.05) is 11.9 Å². The summed E-state index contributed by atoms with van der Waals surface area (Å²) in [4.78, 5) is 27.8. The third-order valence-corrected chi connectivity index (χ3v) is 6.07. The number of pyridine rings is 1. The molecule has 1 atom stereocenters. The highest BCUT2D eigenvalue weighted by molar-refractivity contribution is 7.18. The number of nitrogens with zero attached hydrogens (tertiary/aromatic N) is 3. The lowest BCUT2D eigenvalue weighted by molar-refractivity contribution is -0.119. The predicted molar refractivity (Wildman–Crippen MR) is 121 cm³/mol. The van der Waals surface area contributed by atoms with E-state index in [2.05, 4.69) is 38.6 Å². The first kappa shape index (κ1) is 20.0. The third-order valence-electron chi connectivity index (χ3n) is 4.88. The van der Waals surface area contributed by atoms with Crippen LogP contribution in [-0.4, -0.2) is 27.4 Å². The minimum atomic E-state index is -0.271. The molecule has 0 spiro atoms. The van der Waals surface area contributed by atoms with Gasteiger partial charge in [-0.3, -0.25) is 9.78 Å². The van der Waals surface area contributed by atoms with Crippen LogP contribution in [0.1, 0.15) is 34.5 Å². The summed E-state index contributed by atoms with van der Waals surface area (Å²) < 4.78 is 0. The summed E-state index contributed by atoms with van der Waals surface area (Å²) in [6, 6.07) is 13.8. The van der Waals surface area contributed by atoms with Gasteiger partial charge in [0.15, 0.2) is 0 Å². The fraction of sp³-hybridized carbons (Fsp3) is 0.217. The van der Waals surface area contributed by atoms with E-state index in [4.69, 9.17) is 0 Å². The zero-order valence-electron chi connectivity index (χ0n) is 16.9. The number of carbonyl (C=O) groups excluding carboxylic acids is 1. The summed E-state index contributed by atoms with van der Waals surface area (Å²) in [6.45, 7) is 4.27. The second-order valence-corrected chi connectivity index (χ2v) is 8.17. The summed E-state index contributed by atoms with van der Waals surface area (Å²) in [6.07, 6.45) is 5.99. The highest BCUT2D eigenvalue weighted by Gasteiger charge is 2.17. The first-order valence-corrected chi connectivity index (χ1v) is 10.7. The van der Waals surface area contributed by atoms with Gasteiger partial charge < -0.3 is 10.6 Å². The van der Waals surface area contributed by atoms with Gasteiger partial charge in [-0.2, -0.15) is 0 Å². The van der Waals surface area contributed by atoms with E-state index in [0.29, 0.717) is 5.82 Å². The molecule has 1 aromatic carbocycles. The van der Waals surface area contributed by atoms with E-state index in [-0.39, 0.29) is 18.5 Å². The average Bonchev–Trinajstić information content (AvgIpc) is 3.21. The molecule has 4 rings (SSSR count). The number of aromatic nitrogens is 3. The SMILES string of the molecule is CCc1cc2c(NCC(=O)N[C@H](c3ccc(C)cc3)c3cccnc3)ncnc2s1. The van der Waals surface area contributed by atoms with Crippen LogP contribution in [0.3, 0.4) is 0 Å². The lowest BCUT2D eigenvalue weighted by Crippen LogP contribution is -2.34. The van der Waals surface area contributed by atoms with Crippen molar-refractivity contribution in [3.8, 4) is 0 Å². The molecule has 0 fully saturated rings. The molecule has 0 aliphatic heterocycles. The van der Waals surface area contributed by atoms with E-state index in [9.17, 15) is 4.79 Å². The molecule has 30 heavy (non-hydrogen) atoms. The topological polar surface area (TPSA) is 79.8 Å². The van der Waals surface area contributed by atoms with E-state index in [1.54, 1.807) is 23.7 Å². The Morgan fingerprint density at radius 1 is 1.13 bits per heavy atom. The zero-order valence-corrected chi connectivity index (χ0v) is 17.7. The quantitative estimate of drug-likeness (QED) is 0.469. The molecule has 7 heteroatoms. The van der Waals surface area contributed by atoms with Gasteiger partial charge in [0.25, 0.3) is 0 Å². The van der Waals surface area contributed by atoms with Gasteiger partial charge in [-0.25, -0.2) is 9.97 Å². The van der Waals surface area contributed by atoms with Crippen LogP contribution in [0.2, 0.25) is 0 Å². The smallest absolute Gasteiger partial charge is 0.240 e. The van der Waals surface area contributed by atoms with Crippen molar-refractivity contribution in [2.24, 2.45) is 0 Å². The maximum Gasteiger partial charge on any atom is 0.240 e. The second kappa shape index (κ2) is 9.00. The van der Waals surface area contributed by atoms with Crippen LogP contribution in [0.15, 0.2) is 61.2 Å². The number of benzene rings is 1. The molecule has 0 aliphatic rings. The van der Waals surface area contributed by atoms with Crippen LogP contribution in [0.4, 0.5) is 5.82 Å². The van der Waals surface area contributed by atoms with E-state index in [1.165, 1.54) is 16.8 Å². The molecule has 0 bridgehead atoms. The molecule has 4 aromatic rings. The molecule has 3 aromatic heterocycles. The molecule has 0 saturated carbocycles. The number of nitrogens with one attached hydrogen (secondary N) is 2. The van der Waals surface area contributed by atoms with Gasteiger partial charge in [0.05, 0.1) is 18.0 Å². The Morgan fingerprint density at radius 3 is 2.70 bits per heavy atom. The van der Waals surface area contributed by atoms with E-state index in [0.717, 1.165) is 27.8 Å². The van der Waals surface area contributed by atoms with E-state index < -0.39 is 0 Å². The normalized spacial score (nSPS) is 11.9. The number of hydrogen-bond donors (Lipinski definition) is 2. The zero-order chi connectivity index (χ0) is 20.9. The maximum atomic E-state index is 12.8. The number of aryl methyl sites for hydroxylation is 2. The van der Waals surface area contributed by atoms with Gasteiger partial charge in [0, 0.05) is 17.3 Å². The summed E-state index contributed by atoms with van der Waals surface area (Å²) in [7, 11) is 0. The molecular formula is C23H23N5OS. The number of fused-ring (bicyclic) bond motifs is 1. The van der Waals surface area contributed by atoms with Crippen molar-refractivity contribution in [1.29, 1.82) is 0 Å². The Balaban J connectivity index is 1.51. The summed E-state index contributed by atoms with van der Waals surface area (Å²) in [5.74, 6) is 0.557. The lowest BCUT2D eigenvalue weighted by Gasteiger charge is -2.20.